The Labute approximate surface area is 142 Å². The number of hydrogen-bond acceptors (Lipinski definition) is 5. The molecule has 0 unspecified atom stereocenters. The van der Waals surface area contributed by atoms with Gasteiger partial charge in [0.1, 0.15) is 24.1 Å². The molecule has 4 heterocycles. The Morgan fingerprint density at radius 2 is 2.28 bits per heavy atom. The first kappa shape index (κ1) is 14.8. The van der Waals surface area contributed by atoms with Gasteiger partial charge in [-0.15, -0.1) is 0 Å². The van der Waals surface area contributed by atoms with Crippen molar-refractivity contribution in [2.75, 3.05) is 0 Å². The number of nitriles is 1. The molecule has 0 fully saturated rings. The van der Waals surface area contributed by atoms with Gasteiger partial charge in [0, 0.05) is 24.0 Å². The van der Waals surface area contributed by atoms with Crippen molar-refractivity contribution in [2.45, 2.75) is 6.61 Å². The van der Waals surface area contributed by atoms with Gasteiger partial charge in [-0.1, -0.05) is 6.07 Å². The molecule has 7 heteroatoms. The molecule has 0 aliphatic carbocycles. The second kappa shape index (κ2) is 6.02. The molecule has 0 radical (unpaired) electrons. The molecule has 0 spiro atoms. The van der Waals surface area contributed by atoms with E-state index in [0.717, 1.165) is 5.52 Å². The number of carbonyl (C=O) groups excluding carboxylic acids is 1. The van der Waals surface area contributed by atoms with E-state index in [1.54, 1.807) is 24.4 Å². The average Bonchev–Trinajstić information content (AvgIpc) is 3.37. The zero-order valence-corrected chi connectivity index (χ0v) is 13.0. The van der Waals surface area contributed by atoms with E-state index in [1.807, 2.05) is 28.8 Å². The Morgan fingerprint density at radius 3 is 3.08 bits per heavy atom. The molecular weight excluding hydrogens is 320 g/mol. The number of esters is 1. The monoisotopic (exact) mass is 332 g/mol. The zero-order chi connectivity index (χ0) is 17.2. The van der Waals surface area contributed by atoms with Gasteiger partial charge in [-0.25, -0.2) is 4.79 Å². The van der Waals surface area contributed by atoms with Gasteiger partial charge in [-0.3, -0.25) is 5.10 Å². The second-order valence-corrected chi connectivity index (χ2v) is 5.35. The molecule has 0 bridgehead atoms. The number of rotatable bonds is 4. The predicted octanol–water partition coefficient (Wildman–Crippen LogP) is 3.15. The Morgan fingerprint density at radius 1 is 1.36 bits per heavy atom. The maximum absolute atomic E-state index is 12.2. The first-order valence-corrected chi connectivity index (χ1v) is 7.51. The van der Waals surface area contributed by atoms with Crippen molar-refractivity contribution >= 4 is 11.5 Å². The standard InChI is InChI=1S/C18H12N4O3/c19-9-13-12(10-22-6-2-1-4-16(13)22)11-25-18(23)15-8-14(20-21-15)17-5-3-7-24-17/h1-8,10H,11H2,(H,20,21). The molecule has 1 N–H and O–H groups in total. The highest BCUT2D eigenvalue weighted by Gasteiger charge is 2.16. The highest BCUT2D eigenvalue weighted by molar-refractivity contribution is 5.88. The van der Waals surface area contributed by atoms with Crippen LogP contribution in [-0.4, -0.2) is 20.6 Å². The first-order valence-electron chi connectivity index (χ1n) is 7.51. The molecule has 0 aromatic carbocycles. The molecule has 4 aromatic heterocycles. The zero-order valence-electron chi connectivity index (χ0n) is 13.0. The number of nitrogens with zero attached hydrogens (tertiary/aromatic N) is 3. The molecule has 0 saturated carbocycles. The summed E-state index contributed by atoms with van der Waals surface area (Å²) in [6, 6.07) is 12.8. The molecule has 25 heavy (non-hydrogen) atoms. The third-order valence-corrected chi connectivity index (χ3v) is 3.80. The second-order valence-electron chi connectivity index (χ2n) is 5.35. The fourth-order valence-corrected chi connectivity index (χ4v) is 2.61. The number of furan rings is 1. The van der Waals surface area contributed by atoms with Crippen LogP contribution in [0, 0.1) is 11.3 Å². The van der Waals surface area contributed by atoms with Crippen LogP contribution in [0.25, 0.3) is 17.0 Å². The van der Waals surface area contributed by atoms with Crippen molar-refractivity contribution in [2.24, 2.45) is 0 Å². The summed E-state index contributed by atoms with van der Waals surface area (Å²) in [6.45, 7) is -0.00148. The van der Waals surface area contributed by atoms with Crippen molar-refractivity contribution in [1.29, 1.82) is 5.26 Å². The van der Waals surface area contributed by atoms with E-state index in [2.05, 4.69) is 16.3 Å². The normalized spacial score (nSPS) is 10.7. The van der Waals surface area contributed by atoms with Gasteiger partial charge in [0.25, 0.3) is 0 Å². The molecule has 0 atom stereocenters. The Kier molecular flexibility index (Phi) is 3.56. The number of hydrogen-bond donors (Lipinski definition) is 1. The lowest BCUT2D eigenvalue weighted by molar-refractivity contribution is 0.0465. The van der Waals surface area contributed by atoms with Crippen LogP contribution >= 0.6 is 0 Å². The summed E-state index contributed by atoms with van der Waals surface area (Å²) in [5, 5.41) is 16.0. The van der Waals surface area contributed by atoms with E-state index < -0.39 is 5.97 Å². The Bertz CT molecular complexity index is 1080. The average molecular weight is 332 g/mol. The summed E-state index contributed by atoms with van der Waals surface area (Å²) in [5.41, 5.74) is 2.65. The van der Waals surface area contributed by atoms with E-state index in [-0.39, 0.29) is 12.3 Å². The number of aromatic nitrogens is 3. The number of aromatic amines is 1. The summed E-state index contributed by atoms with van der Waals surface area (Å²) in [4.78, 5) is 12.2. The van der Waals surface area contributed by atoms with Crippen molar-refractivity contribution < 1.29 is 13.9 Å². The van der Waals surface area contributed by atoms with Crippen LogP contribution < -0.4 is 0 Å². The van der Waals surface area contributed by atoms with Crippen molar-refractivity contribution in [1.82, 2.24) is 14.6 Å². The predicted molar refractivity (Wildman–Crippen MR) is 87.5 cm³/mol. The molecule has 0 saturated heterocycles. The lowest BCUT2D eigenvalue weighted by Gasteiger charge is -2.01. The third-order valence-electron chi connectivity index (χ3n) is 3.80. The summed E-state index contributed by atoms with van der Waals surface area (Å²) in [5.74, 6) is 0.00482. The Hall–Kier alpha value is -3.79. The SMILES string of the molecule is N#Cc1c(COC(=O)c2cc(-c3ccco3)n[nH]2)cn2ccccc12. The van der Waals surface area contributed by atoms with Gasteiger partial charge in [0.05, 0.1) is 17.3 Å². The topological polar surface area (TPSA) is 96.3 Å². The summed E-state index contributed by atoms with van der Waals surface area (Å²) in [7, 11) is 0. The quantitative estimate of drug-likeness (QED) is 0.579. The van der Waals surface area contributed by atoms with Gasteiger partial charge in [-0.05, 0) is 24.3 Å². The number of carbonyl (C=O) groups is 1. The minimum Gasteiger partial charge on any atom is -0.463 e. The van der Waals surface area contributed by atoms with Crippen LogP contribution in [0.15, 0.2) is 59.5 Å². The van der Waals surface area contributed by atoms with Crippen LogP contribution in [-0.2, 0) is 11.3 Å². The largest absolute Gasteiger partial charge is 0.463 e. The van der Waals surface area contributed by atoms with Gasteiger partial charge in [-0.2, -0.15) is 10.4 Å². The third kappa shape index (κ3) is 2.66. The molecule has 122 valence electrons. The lowest BCUT2D eigenvalue weighted by atomic mass is 10.2. The minimum absolute atomic E-state index is 0.00148. The fraction of sp³-hybridized carbons (Fsp3) is 0.0556. The van der Waals surface area contributed by atoms with Gasteiger partial charge in [0.2, 0.25) is 0 Å². The summed E-state index contributed by atoms with van der Waals surface area (Å²) in [6.07, 6.45) is 5.15. The highest BCUT2D eigenvalue weighted by atomic mass is 16.5. The molecule has 0 amide bonds. The summed E-state index contributed by atoms with van der Waals surface area (Å²) >= 11 is 0. The number of H-pyrrole nitrogens is 1. The van der Waals surface area contributed by atoms with Gasteiger partial charge >= 0.3 is 5.97 Å². The van der Waals surface area contributed by atoms with E-state index in [0.29, 0.717) is 22.6 Å². The van der Waals surface area contributed by atoms with Crippen LogP contribution in [0.5, 0.6) is 0 Å². The molecule has 0 aliphatic rings. The fourth-order valence-electron chi connectivity index (χ4n) is 2.61. The number of pyridine rings is 1. The van der Waals surface area contributed by atoms with Crippen molar-refractivity contribution in [3.8, 4) is 17.5 Å². The maximum atomic E-state index is 12.2. The van der Waals surface area contributed by atoms with Crippen LogP contribution in [0.2, 0.25) is 0 Å². The first-order chi connectivity index (χ1) is 12.3. The van der Waals surface area contributed by atoms with Crippen LogP contribution in [0.3, 0.4) is 0 Å². The smallest absolute Gasteiger partial charge is 0.356 e. The van der Waals surface area contributed by atoms with Crippen molar-refractivity contribution in [3.05, 3.63) is 71.9 Å². The molecule has 7 nitrogen and oxygen atoms in total. The van der Waals surface area contributed by atoms with Crippen LogP contribution in [0.4, 0.5) is 0 Å². The van der Waals surface area contributed by atoms with Crippen LogP contribution in [0.1, 0.15) is 21.6 Å². The maximum Gasteiger partial charge on any atom is 0.356 e. The van der Waals surface area contributed by atoms with Crippen molar-refractivity contribution in [3.63, 3.8) is 0 Å². The number of ether oxygens (including phenoxy) is 1. The number of fused-ring (bicyclic) bond motifs is 1. The van der Waals surface area contributed by atoms with Gasteiger partial charge < -0.3 is 13.6 Å². The lowest BCUT2D eigenvalue weighted by Crippen LogP contribution is -2.06. The Balaban J connectivity index is 1.52. The molecule has 4 rings (SSSR count). The molecule has 0 aliphatic heterocycles. The summed E-state index contributed by atoms with van der Waals surface area (Å²) < 4.78 is 12.4. The van der Waals surface area contributed by atoms with E-state index in [9.17, 15) is 10.1 Å². The van der Waals surface area contributed by atoms with E-state index in [1.165, 1.54) is 6.26 Å². The highest BCUT2D eigenvalue weighted by Crippen LogP contribution is 2.20. The minimum atomic E-state index is -0.551. The van der Waals surface area contributed by atoms with Gasteiger partial charge in [0.15, 0.2) is 5.76 Å². The number of nitrogens with one attached hydrogen (secondary N) is 1. The van der Waals surface area contributed by atoms with E-state index >= 15 is 0 Å². The van der Waals surface area contributed by atoms with E-state index in [4.69, 9.17) is 9.15 Å². The molecule has 4 aromatic rings. The molecular formula is C18H12N4O3.